The zero-order valence-electron chi connectivity index (χ0n) is 2.81. The van der Waals surface area contributed by atoms with Gasteiger partial charge in [0.25, 0.3) is 0 Å². The molecule has 0 aromatic carbocycles. The first-order valence-electron chi connectivity index (χ1n) is 0.612. The van der Waals surface area contributed by atoms with Crippen molar-refractivity contribution in [1.29, 1.82) is 0 Å². The largest absolute Gasteiger partial charge is 2.00 e. The molecule has 0 heterocycles. The van der Waals surface area contributed by atoms with Crippen LogP contribution in [-0.4, -0.2) is 29.2 Å². The van der Waals surface area contributed by atoms with E-state index < -0.39 is 6.16 Å². The molecule has 5 heteroatoms. The summed E-state index contributed by atoms with van der Waals surface area (Å²) in [6.45, 7) is 0. The van der Waals surface area contributed by atoms with Crippen molar-refractivity contribution >= 4 is 29.2 Å². The first kappa shape index (κ1) is 16.0. The van der Waals surface area contributed by atoms with E-state index in [1.54, 1.807) is 0 Å². The maximum Gasteiger partial charge on any atom is 2.00 e. The molecule has 0 aliphatic rings. The monoisotopic (exact) mass is 139 g/mol. The van der Waals surface area contributed by atoms with E-state index in [1.807, 2.05) is 0 Å². The van der Waals surface area contributed by atoms with Crippen LogP contribution < -0.4 is 10.2 Å². The van der Waals surface area contributed by atoms with E-state index in [1.165, 1.54) is 0 Å². The van der Waals surface area contributed by atoms with Crippen LogP contribution in [0.4, 0.5) is 4.79 Å². The van der Waals surface area contributed by atoms with Gasteiger partial charge in [-0.2, -0.15) is 0 Å². The number of rotatable bonds is 0. The van der Waals surface area contributed by atoms with Gasteiger partial charge in [-0.1, -0.05) is 0 Å². The van der Waals surface area contributed by atoms with Gasteiger partial charge in [0.1, 0.15) is 0 Å². The SMILES string of the molecule is O=C([O-])[O-].[Mg+2].[Mn]. The van der Waals surface area contributed by atoms with Gasteiger partial charge in [0.15, 0.2) is 0 Å². The molecule has 0 fully saturated rings. The third-order valence-electron chi connectivity index (χ3n) is 0. The second-order valence-corrected chi connectivity index (χ2v) is 0.250. The van der Waals surface area contributed by atoms with Gasteiger partial charge < -0.3 is 15.0 Å². The van der Waals surface area contributed by atoms with Gasteiger partial charge in [-0.15, -0.1) is 0 Å². The van der Waals surface area contributed by atoms with Crippen LogP contribution >= 0.6 is 0 Å². The molecule has 0 saturated heterocycles. The van der Waals surface area contributed by atoms with Crippen molar-refractivity contribution in [2.24, 2.45) is 0 Å². The molecule has 1 radical (unpaired) electrons. The van der Waals surface area contributed by atoms with Gasteiger partial charge in [0.05, 0.1) is 0 Å². The molecule has 0 rings (SSSR count). The van der Waals surface area contributed by atoms with Crippen molar-refractivity contribution in [3.8, 4) is 0 Å². The molecular formula is CMgMnO3. The minimum atomic E-state index is -2.33. The Morgan fingerprint density at radius 3 is 1.33 bits per heavy atom. The second kappa shape index (κ2) is 9.12. The number of carboxylic acid groups (broad SMARTS) is 2. The van der Waals surface area contributed by atoms with Crippen molar-refractivity contribution in [2.45, 2.75) is 0 Å². The Bertz CT molecular complexity index is 33.8. The topological polar surface area (TPSA) is 63.2 Å². The predicted molar refractivity (Wildman–Crippen MR) is 11.1 cm³/mol. The fourth-order valence-electron chi connectivity index (χ4n) is 0. The van der Waals surface area contributed by atoms with Crippen LogP contribution in [0.2, 0.25) is 0 Å². The van der Waals surface area contributed by atoms with Crippen LogP contribution in [0, 0.1) is 0 Å². The van der Waals surface area contributed by atoms with Crippen LogP contribution in [0.15, 0.2) is 0 Å². The second-order valence-electron chi connectivity index (χ2n) is 0.250. The molecule has 0 saturated carbocycles. The van der Waals surface area contributed by atoms with Crippen molar-refractivity contribution < 1.29 is 32.1 Å². The summed E-state index contributed by atoms with van der Waals surface area (Å²) >= 11 is 0. The number of carbonyl (C=O) groups is 1. The average molecular weight is 139 g/mol. The van der Waals surface area contributed by atoms with Gasteiger partial charge in [-0.25, -0.2) is 0 Å². The summed E-state index contributed by atoms with van der Waals surface area (Å²) in [5.74, 6) is 0. The maximum atomic E-state index is 8.33. The molecule has 31 valence electrons. The van der Waals surface area contributed by atoms with Crippen LogP contribution in [0.1, 0.15) is 0 Å². The molecule has 3 nitrogen and oxygen atoms in total. The molecular weight excluding hydrogens is 139 g/mol. The fraction of sp³-hybridized carbons (Fsp3) is 0. The van der Waals surface area contributed by atoms with Crippen LogP contribution in [0.3, 0.4) is 0 Å². The van der Waals surface area contributed by atoms with E-state index in [4.69, 9.17) is 15.0 Å². The van der Waals surface area contributed by atoms with Crippen molar-refractivity contribution in [1.82, 2.24) is 0 Å². The molecule has 0 atom stereocenters. The maximum absolute atomic E-state index is 8.33. The van der Waals surface area contributed by atoms with Gasteiger partial charge in [0.2, 0.25) is 0 Å². The Kier molecular flexibility index (Phi) is 24.3. The number of carbonyl (C=O) groups excluding carboxylic acids is 1. The van der Waals surface area contributed by atoms with Crippen LogP contribution in [0.5, 0.6) is 0 Å². The third-order valence-corrected chi connectivity index (χ3v) is 0. The Balaban J connectivity index is -0.0000000450. The summed E-state index contributed by atoms with van der Waals surface area (Å²) < 4.78 is 0. The summed E-state index contributed by atoms with van der Waals surface area (Å²) in [5, 5.41) is 16.7. The summed E-state index contributed by atoms with van der Waals surface area (Å²) in [6, 6.07) is 0. The van der Waals surface area contributed by atoms with E-state index in [0.29, 0.717) is 0 Å². The Hall–Kier alpha value is 0.556. The molecule has 0 spiro atoms. The summed E-state index contributed by atoms with van der Waals surface area (Å²) in [7, 11) is 0. The molecule has 0 aliphatic heterocycles. The first-order chi connectivity index (χ1) is 1.73. The quantitative estimate of drug-likeness (QED) is 0.340. The van der Waals surface area contributed by atoms with E-state index in [0.717, 1.165) is 0 Å². The van der Waals surface area contributed by atoms with Gasteiger partial charge in [0, 0.05) is 17.1 Å². The molecule has 0 aliphatic carbocycles. The molecule has 0 aromatic heterocycles. The minimum Gasteiger partial charge on any atom is -0.652 e. The van der Waals surface area contributed by atoms with Gasteiger partial charge in [-0.3, -0.25) is 0 Å². The standard InChI is InChI=1S/CH2O3.Mg.Mn/c2-1(3)4;;/h(H2,2,3,4);;/q;+2;/p-2. The number of hydrogen-bond acceptors (Lipinski definition) is 3. The summed E-state index contributed by atoms with van der Waals surface area (Å²) in [6.07, 6.45) is -2.33. The van der Waals surface area contributed by atoms with E-state index >= 15 is 0 Å². The summed E-state index contributed by atoms with van der Waals surface area (Å²) in [4.78, 5) is 8.33. The third kappa shape index (κ3) is 187. The molecule has 0 unspecified atom stereocenters. The fourth-order valence-corrected chi connectivity index (χ4v) is 0. The zero-order valence-corrected chi connectivity index (χ0v) is 5.40. The van der Waals surface area contributed by atoms with Gasteiger partial charge >= 0.3 is 23.1 Å². The summed E-state index contributed by atoms with van der Waals surface area (Å²) in [5.41, 5.74) is 0. The van der Waals surface area contributed by atoms with Crippen molar-refractivity contribution in [3.05, 3.63) is 0 Å². The van der Waals surface area contributed by atoms with Crippen molar-refractivity contribution in [2.75, 3.05) is 0 Å². The van der Waals surface area contributed by atoms with Crippen LogP contribution in [0.25, 0.3) is 0 Å². The molecule has 0 bridgehead atoms. The van der Waals surface area contributed by atoms with Crippen molar-refractivity contribution in [3.63, 3.8) is 0 Å². The molecule has 6 heavy (non-hydrogen) atoms. The normalized spacial score (nSPS) is 4.00. The molecule has 0 N–H and O–H groups in total. The number of hydrogen-bond donors (Lipinski definition) is 0. The smallest absolute Gasteiger partial charge is 0.652 e. The van der Waals surface area contributed by atoms with E-state index in [9.17, 15) is 0 Å². The molecule has 0 amide bonds. The minimum absolute atomic E-state index is 0. The predicted octanol–water partition coefficient (Wildman–Crippen LogP) is -2.83. The molecule has 0 aromatic rings. The Morgan fingerprint density at radius 1 is 1.33 bits per heavy atom. The zero-order chi connectivity index (χ0) is 3.58. The van der Waals surface area contributed by atoms with E-state index in [2.05, 4.69) is 0 Å². The first-order valence-corrected chi connectivity index (χ1v) is 0.612. The Morgan fingerprint density at radius 2 is 1.33 bits per heavy atom. The van der Waals surface area contributed by atoms with E-state index in [-0.39, 0.29) is 40.1 Å². The Labute approximate surface area is 61.4 Å². The van der Waals surface area contributed by atoms with Gasteiger partial charge in [-0.05, 0) is 6.16 Å². The average Bonchev–Trinajstić information content (AvgIpc) is 0.811. The van der Waals surface area contributed by atoms with Crippen LogP contribution in [-0.2, 0) is 17.1 Å².